The Morgan fingerprint density at radius 3 is 2.14 bits per heavy atom. The number of alkyl halides is 1. The van der Waals surface area contributed by atoms with Gasteiger partial charge in [0.25, 0.3) is 0 Å². The third kappa shape index (κ3) is 9.50. The number of benzene rings is 1. The Kier molecular flexibility index (Phi) is 12.5. The van der Waals surface area contributed by atoms with Crippen molar-refractivity contribution in [3.8, 4) is 5.75 Å². The largest absolute Gasteiger partial charge is 0.493 e. The molecule has 126 valence electrons. The second-order valence-electron chi connectivity index (χ2n) is 6.08. The van der Waals surface area contributed by atoms with Crippen LogP contribution in [0, 0.1) is 0 Å². The molecule has 0 radical (unpaired) electrons. The predicted octanol–water partition coefficient (Wildman–Crippen LogP) is 6.92. The van der Waals surface area contributed by atoms with Crippen molar-refractivity contribution < 1.29 is 4.74 Å². The van der Waals surface area contributed by atoms with Crippen LogP contribution in [-0.4, -0.2) is 11.9 Å². The highest BCUT2D eigenvalue weighted by molar-refractivity contribution is 9.09. The Balaban J connectivity index is 2.11. The van der Waals surface area contributed by atoms with Crippen LogP contribution in [0.3, 0.4) is 0 Å². The quantitative estimate of drug-likeness (QED) is 0.255. The summed E-state index contributed by atoms with van der Waals surface area (Å²) >= 11 is 3.49. The monoisotopic (exact) mass is 368 g/mol. The van der Waals surface area contributed by atoms with Gasteiger partial charge < -0.3 is 4.74 Å². The van der Waals surface area contributed by atoms with Crippen molar-refractivity contribution >= 4 is 15.9 Å². The van der Waals surface area contributed by atoms with Gasteiger partial charge in [-0.2, -0.15) is 0 Å². The Bertz CT molecular complexity index is 364. The third-order valence-electron chi connectivity index (χ3n) is 4.06. The van der Waals surface area contributed by atoms with E-state index in [2.05, 4.69) is 47.1 Å². The molecule has 0 aromatic heterocycles. The molecule has 0 aliphatic rings. The van der Waals surface area contributed by atoms with E-state index in [9.17, 15) is 0 Å². The molecule has 0 saturated carbocycles. The molecule has 0 spiro atoms. The summed E-state index contributed by atoms with van der Waals surface area (Å²) in [5.41, 5.74) is 1.39. The Labute approximate surface area is 146 Å². The highest BCUT2D eigenvalue weighted by atomic mass is 79.9. The van der Waals surface area contributed by atoms with Crippen LogP contribution < -0.4 is 4.74 Å². The van der Waals surface area contributed by atoms with Gasteiger partial charge in [-0.05, 0) is 37.3 Å². The number of unbranched alkanes of at least 4 members (excludes halogenated alkanes) is 8. The van der Waals surface area contributed by atoms with Gasteiger partial charge in [-0.1, -0.05) is 86.0 Å². The predicted molar refractivity (Wildman–Crippen MR) is 101 cm³/mol. The van der Waals surface area contributed by atoms with E-state index < -0.39 is 0 Å². The van der Waals surface area contributed by atoms with E-state index in [1.165, 1.54) is 63.4 Å². The number of para-hydroxylation sites is 1. The molecule has 0 fully saturated rings. The van der Waals surface area contributed by atoms with Crippen molar-refractivity contribution in [3.05, 3.63) is 29.8 Å². The van der Waals surface area contributed by atoms with Crippen LogP contribution in [0.25, 0.3) is 0 Å². The lowest BCUT2D eigenvalue weighted by Crippen LogP contribution is -2.00. The molecule has 0 saturated heterocycles. The fourth-order valence-corrected chi connectivity index (χ4v) is 3.04. The topological polar surface area (TPSA) is 9.23 Å². The fraction of sp³-hybridized carbons (Fsp3) is 0.700. The first kappa shape index (κ1) is 19.5. The molecule has 0 heterocycles. The van der Waals surface area contributed by atoms with E-state index in [0.717, 1.165) is 30.5 Å². The number of halogens is 1. The molecule has 1 rings (SSSR count). The summed E-state index contributed by atoms with van der Waals surface area (Å²) in [6, 6.07) is 8.56. The maximum atomic E-state index is 5.91. The van der Waals surface area contributed by atoms with Crippen molar-refractivity contribution in [2.45, 2.75) is 77.6 Å². The smallest absolute Gasteiger partial charge is 0.122 e. The number of rotatable bonds is 14. The molecule has 1 aromatic carbocycles. The lowest BCUT2D eigenvalue weighted by atomic mass is 10.0. The zero-order valence-corrected chi connectivity index (χ0v) is 15.9. The highest BCUT2D eigenvalue weighted by Gasteiger charge is 2.02. The molecule has 22 heavy (non-hydrogen) atoms. The van der Waals surface area contributed by atoms with Crippen LogP contribution in [0.5, 0.6) is 5.75 Å². The van der Waals surface area contributed by atoms with E-state index in [0.29, 0.717) is 0 Å². The summed E-state index contributed by atoms with van der Waals surface area (Å²) in [7, 11) is 0. The van der Waals surface area contributed by atoms with Crippen LogP contribution in [0.1, 0.15) is 76.7 Å². The number of aryl methyl sites for hydroxylation is 1. The zero-order chi connectivity index (χ0) is 15.9. The maximum absolute atomic E-state index is 5.91. The number of ether oxygens (including phenoxy) is 1. The summed E-state index contributed by atoms with van der Waals surface area (Å²) in [6.45, 7) is 3.05. The van der Waals surface area contributed by atoms with Crippen LogP contribution in [0.15, 0.2) is 24.3 Å². The Hall–Kier alpha value is -0.500. The number of hydrogen-bond donors (Lipinski definition) is 0. The summed E-state index contributed by atoms with van der Waals surface area (Å²) < 4.78 is 5.91. The van der Waals surface area contributed by atoms with Crippen molar-refractivity contribution in [1.82, 2.24) is 0 Å². The molecule has 0 atom stereocenters. The van der Waals surface area contributed by atoms with E-state index in [4.69, 9.17) is 4.74 Å². The lowest BCUT2D eigenvalue weighted by molar-refractivity contribution is 0.306. The summed E-state index contributed by atoms with van der Waals surface area (Å²) in [4.78, 5) is 0. The molecule has 0 amide bonds. The van der Waals surface area contributed by atoms with Gasteiger partial charge in [0.15, 0.2) is 0 Å². The highest BCUT2D eigenvalue weighted by Crippen LogP contribution is 2.21. The molecule has 0 N–H and O–H groups in total. The Morgan fingerprint density at radius 1 is 0.818 bits per heavy atom. The van der Waals surface area contributed by atoms with Crippen molar-refractivity contribution in [3.63, 3.8) is 0 Å². The third-order valence-corrected chi connectivity index (χ3v) is 4.62. The molecule has 1 aromatic rings. The number of hydrogen-bond acceptors (Lipinski definition) is 1. The summed E-state index contributed by atoms with van der Waals surface area (Å²) in [6.07, 6.45) is 14.4. The second kappa shape index (κ2) is 14.1. The second-order valence-corrected chi connectivity index (χ2v) is 6.87. The first-order valence-corrected chi connectivity index (χ1v) is 10.3. The lowest BCUT2D eigenvalue weighted by Gasteiger charge is -2.11. The van der Waals surface area contributed by atoms with Gasteiger partial charge in [-0.15, -0.1) is 0 Å². The van der Waals surface area contributed by atoms with E-state index in [-0.39, 0.29) is 0 Å². The molecular weight excluding hydrogens is 336 g/mol. The minimum absolute atomic E-state index is 0.849. The van der Waals surface area contributed by atoms with E-state index >= 15 is 0 Å². The normalized spacial score (nSPS) is 10.8. The standard InChI is InChI=1S/C20H33BrO/c1-2-3-18-22-20-16-12-11-15-19(20)14-10-8-6-4-5-7-9-13-17-21/h11-12,15-16H,2-10,13-14,17-18H2,1H3. The minimum Gasteiger partial charge on any atom is -0.493 e. The zero-order valence-electron chi connectivity index (χ0n) is 14.3. The molecule has 0 bridgehead atoms. The first-order chi connectivity index (χ1) is 10.9. The van der Waals surface area contributed by atoms with Crippen LogP contribution in [0.4, 0.5) is 0 Å². The van der Waals surface area contributed by atoms with Crippen LogP contribution in [0.2, 0.25) is 0 Å². The van der Waals surface area contributed by atoms with Crippen LogP contribution >= 0.6 is 15.9 Å². The molecule has 2 heteroatoms. The molecule has 0 aliphatic heterocycles. The van der Waals surface area contributed by atoms with Crippen molar-refractivity contribution in [2.24, 2.45) is 0 Å². The van der Waals surface area contributed by atoms with E-state index in [1.807, 2.05) is 0 Å². The van der Waals surface area contributed by atoms with Crippen molar-refractivity contribution in [2.75, 3.05) is 11.9 Å². The fourth-order valence-electron chi connectivity index (χ4n) is 2.65. The van der Waals surface area contributed by atoms with Crippen molar-refractivity contribution in [1.29, 1.82) is 0 Å². The summed E-state index contributed by atoms with van der Waals surface area (Å²) in [5.74, 6) is 1.10. The summed E-state index contributed by atoms with van der Waals surface area (Å²) in [5, 5.41) is 1.16. The van der Waals surface area contributed by atoms with E-state index in [1.54, 1.807) is 0 Å². The average Bonchev–Trinajstić information content (AvgIpc) is 2.55. The van der Waals surface area contributed by atoms with Gasteiger partial charge in [0.1, 0.15) is 5.75 Å². The molecule has 1 nitrogen and oxygen atoms in total. The van der Waals surface area contributed by atoms with Gasteiger partial charge in [0.2, 0.25) is 0 Å². The Morgan fingerprint density at radius 2 is 1.45 bits per heavy atom. The molecule has 0 unspecified atom stereocenters. The van der Waals surface area contributed by atoms with Gasteiger partial charge in [-0.3, -0.25) is 0 Å². The SMILES string of the molecule is CCCCOc1ccccc1CCCCCCCCCCBr. The maximum Gasteiger partial charge on any atom is 0.122 e. The molecule has 0 aliphatic carbocycles. The van der Waals surface area contributed by atoms with Gasteiger partial charge in [-0.25, -0.2) is 0 Å². The van der Waals surface area contributed by atoms with Gasteiger partial charge >= 0.3 is 0 Å². The first-order valence-electron chi connectivity index (χ1n) is 9.15. The molecular formula is C20H33BrO. The van der Waals surface area contributed by atoms with Gasteiger partial charge in [0, 0.05) is 5.33 Å². The van der Waals surface area contributed by atoms with Crippen LogP contribution in [-0.2, 0) is 6.42 Å². The van der Waals surface area contributed by atoms with Gasteiger partial charge in [0.05, 0.1) is 6.61 Å². The minimum atomic E-state index is 0.849. The average molecular weight is 369 g/mol.